The Balaban J connectivity index is 1.31. The van der Waals surface area contributed by atoms with E-state index in [4.69, 9.17) is 14.2 Å². The fraction of sp³-hybridized carbons (Fsp3) is 0.364. The minimum absolute atomic E-state index is 0.0744. The van der Waals surface area contributed by atoms with Gasteiger partial charge in [-0.2, -0.15) is 0 Å². The maximum atomic E-state index is 13.0. The molecule has 2 aliphatic rings. The first-order chi connectivity index (χ1) is 16.9. The van der Waals surface area contributed by atoms with Gasteiger partial charge in [0.2, 0.25) is 15.9 Å². The number of anilines is 1. The van der Waals surface area contributed by atoms with E-state index in [-0.39, 0.29) is 30.1 Å². The van der Waals surface area contributed by atoms with Crippen LogP contribution in [0.15, 0.2) is 53.4 Å². The van der Waals surface area contributed by atoms with E-state index in [9.17, 15) is 13.2 Å². The number of fused-ring (bicyclic) bond motifs is 1. The second-order valence-corrected chi connectivity index (χ2v) is 9.99. The van der Waals surface area contributed by atoms with Crippen molar-refractivity contribution in [1.29, 1.82) is 0 Å². The van der Waals surface area contributed by atoms with Crippen LogP contribution in [0, 0.1) is 0 Å². The maximum absolute atomic E-state index is 13.0. The number of tetrazole rings is 1. The van der Waals surface area contributed by atoms with Crippen LogP contribution in [0.3, 0.4) is 0 Å². The molecule has 2 aliphatic heterocycles. The predicted octanol–water partition coefficient (Wildman–Crippen LogP) is 0.993. The summed E-state index contributed by atoms with van der Waals surface area (Å²) < 4.78 is 47.5. The summed E-state index contributed by atoms with van der Waals surface area (Å²) in [5, 5.41) is 14.8. The zero-order valence-corrected chi connectivity index (χ0v) is 19.8. The largest absolute Gasteiger partial charge is 0.497 e. The fourth-order valence-electron chi connectivity index (χ4n) is 4.35. The molecule has 1 amide bonds. The number of nitrogens with one attached hydrogen (secondary N) is 2. The molecule has 0 saturated carbocycles. The van der Waals surface area contributed by atoms with E-state index in [0.717, 1.165) is 5.56 Å². The van der Waals surface area contributed by atoms with Gasteiger partial charge in [-0.15, -0.1) is 5.10 Å². The third-order valence-electron chi connectivity index (χ3n) is 5.95. The van der Waals surface area contributed by atoms with Gasteiger partial charge in [-0.3, -0.25) is 4.79 Å². The van der Waals surface area contributed by atoms with Crippen LogP contribution in [0.25, 0.3) is 11.4 Å². The van der Waals surface area contributed by atoms with Crippen LogP contribution >= 0.6 is 0 Å². The van der Waals surface area contributed by atoms with E-state index in [1.807, 2.05) is 24.3 Å². The zero-order chi connectivity index (χ0) is 24.6. The van der Waals surface area contributed by atoms with Crippen LogP contribution < -0.4 is 14.8 Å². The molecule has 0 radical (unpaired) electrons. The molecule has 2 saturated heterocycles. The molecule has 12 nitrogen and oxygen atoms in total. The topological polar surface area (TPSA) is 147 Å². The summed E-state index contributed by atoms with van der Waals surface area (Å²) in [6.45, 7) is 1.79. The number of benzene rings is 2. The van der Waals surface area contributed by atoms with Gasteiger partial charge < -0.3 is 19.5 Å². The van der Waals surface area contributed by atoms with Crippen molar-refractivity contribution in [3.8, 4) is 17.1 Å². The van der Waals surface area contributed by atoms with Gasteiger partial charge in [-0.1, -0.05) is 12.1 Å². The molecule has 184 valence electrons. The van der Waals surface area contributed by atoms with Gasteiger partial charge in [0.1, 0.15) is 24.0 Å². The highest BCUT2D eigenvalue weighted by Gasteiger charge is 2.50. The summed E-state index contributed by atoms with van der Waals surface area (Å²) in [5.41, 5.74) is 1.28. The monoisotopic (exact) mass is 500 g/mol. The summed E-state index contributed by atoms with van der Waals surface area (Å²) in [7, 11) is -2.26. The van der Waals surface area contributed by atoms with Crippen LogP contribution in [0.2, 0.25) is 0 Å². The number of methoxy groups -OCH3 is 1. The van der Waals surface area contributed by atoms with Crippen LogP contribution in [-0.2, 0) is 24.3 Å². The van der Waals surface area contributed by atoms with Gasteiger partial charge in [-0.05, 0) is 46.8 Å². The Labute approximate surface area is 201 Å². The van der Waals surface area contributed by atoms with Crippen molar-refractivity contribution in [2.24, 2.45) is 0 Å². The van der Waals surface area contributed by atoms with E-state index in [0.29, 0.717) is 17.3 Å². The van der Waals surface area contributed by atoms with Crippen LogP contribution in [0.1, 0.15) is 13.0 Å². The third-order valence-corrected chi connectivity index (χ3v) is 7.46. The minimum atomic E-state index is -3.84. The van der Waals surface area contributed by atoms with Crippen molar-refractivity contribution >= 4 is 21.6 Å². The molecular weight excluding hydrogens is 476 g/mol. The molecule has 4 atom stereocenters. The first-order valence-electron chi connectivity index (χ1n) is 10.9. The van der Waals surface area contributed by atoms with Gasteiger partial charge in [0.25, 0.3) is 0 Å². The summed E-state index contributed by atoms with van der Waals surface area (Å²) >= 11 is 0. The summed E-state index contributed by atoms with van der Waals surface area (Å²) in [5.74, 6) is 0.970. The van der Waals surface area contributed by atoms with Gasteiger partial charge >= 0.3 is 0 Å². The Bertz CT molecular complexity index is 1330. The Hall–Kier alpha value is -3.39. The van der Waals surface area contributed by atoms with Crippen LogP contribution in [-0.4, -0.2) is 73.1 Å². The lowest BCUT2D eigenvalue weighted by Gasteiger charge is -2.18. The number of carbonyl (C=O) groups excluding carboxylic acids is 1. The van der Waals surface area contributed by atoms with E-state index < -0.39 is 28.3 Å². The van der Waals surface area contributed by atoms with Crippen molar-refractivity contribution in [3.63, 3.8) is 0 Å². The Morgan fingerprint density at radius 3 is 2.63 bits per heavy atom. The SMILES string of the molecule is COc1cccc(-c2nnnn2[C@H]2CO[C@H]3[C@H]2OC[C@H]3NS(=O)(=O)c2ccc(NC(C)=O)cc2)c1. The number of carbonyl (C=O) groups is 1. The molecule has 13 heteroatoms. The first-order valence-corrected chi connectivity index (χ1v) is 12.4. The molecule has 5 rings (SSSR count). The Morgan fingerprint density at radius 2 is 1.89 bits per heavy atom. The van der Waals surface area contributed by atoms with Crippen molar-refractivity contribution in [2.75, 3.05) is 25.6 Å². The average Bonchev–Trinajstić information content (AvgIpc) is 3.56. The smallest absolute Gasteiger partial charge is 0.240 e. The number of hydrogen-bond acceptors (Lipinski definition) is 9. The standard InChI is InChI=1S/C22H24N6O6S/c1-13(29)23-15-6-8-17(9-7-15)35(30,31)25-18-11-33-21-19(12-34-20(18)21)28-22(24-26-27-28)14-4-3-5-16(10-14)32-2/h3-10,18-21,25H,11-12H2,1-2H3,(H,23,29)/t18-,19+,20-,21+/m1/s1. The van der Waals surface area contributed by atoms with Crippen molar-refractivity contribution < 1.29 is 27.4 Å². The molecule has 3 heterocycles. The number of ether oxygens (including phenoxy) is 3. The molecule has 0 aliphatic carbocycles. The highest BCUT2D eigenvalue weighted by atomic mass is 32.2. The number of rotatable bonds is 7. The fourth-order valence-corrected chi connectivity index (χ4v) is 5.58. The summed E-state index contributed by atoms with van der Waals surface area (Å²) in [4.78, 5) is 11.3. The zero-order valence-electron chi connectivity index (χ0n) is 19.0. The normalized spacial score (nSPS) is 23.7. The Morgan fingerprint density at radius 1 is 1.11 bits per heavy atom. The first kappa shape index (κ1) is 23.4. The number of amides is 1. The van der Waals surface area contributed by atoms with E-state index in [2.05, 4.69) is 25.6 Å². The number of nitrogens with zero attached hydrogens (tertiary/aromatic N) is 4. The molecule has 2 aromatic carbocycles. The molecule has 0 unspecified atom stereocenters. The van der Waals surface area contributed by atoms with Gasteiger partial charge in [0, 0.05) is 18.2 Å². The molecule has 0 spiro atoms. The van der Waals surface area contributed by atoms with E-state index in [1.165, 1.54) is 31.2 Å². The van der Waals surface area contributed by atoms with Crippen molar-refractivity contribution in [3.05, 3.63) is 48.5 Å². The molecule has 2 fully saturated rings. The lowest BCUT2D eigenvalue weighted by Crippen LogP contribution is -2.44. The van der Waals surface area contributed by atoms with Gasteiger partial charge in [0.05, 0.1) is 31.3 Å². The highest BCUT2D eigenvalue weighted by Crippen LogP contribution is 2.36. The van der Waals surface area contributed by atoms with Crippen molar-refractivity contribution in [2.45, 2.75) is 36.1 Å². The number of hydrogen-bond donors (Lipinski definition) is 2. The lowest BCUT2D eigenvalue weighted by molar-refractivity contribution is -0.114. The quantitative estimate of drug-likeness (QED) is 0.485. The third kappa shape index (κ3) is 4.62. The van der Waals surface area contributed by atoms with Crippen molar-refractivity contribution in [1.82, 2.24) is 24.9 Å². The Kier molecular flexibility index (Phi) is 6.23. The number of sulfonamides is 1. The average molecular weight is 501 g/mol. The van der Waals surface area contributed by atoms with Crippen LogP contribution in [0.4, 0.5) is 5.69 Å². The molecule has 3 aromatic rings. The second-order valence-electron chi connectivity index (χ2n) is 8.28. The highest BCUT2D eigenvalue weighted by molar-refractivity contribution is 7.89. The molecular formula is C22H24N6O6S. The minimum Gasteiger partial charge on any atom is -0.497 e. The predicted molar refractivity (Wildman–Crippen MR) is 123 cm³/mol. The summed E-state index contributed by atoms with van der Waals surface area (Å²) in [6.07, 6.45) is -0.937. The van der Waals surface area contributed by atoms with E-state index in [1.54, 1.807) is 11.8 Å². The molecule has 35 heavy (non-hydrogen) atoms. The second kappa shape index (κ2) is 9.34. The van der Waals surface area contributed by atoms with Crippen LogP contribution in [0.5, 0.6) is 5.75 Å². The molecule has 1 aromatic heterocycles. The van der Waals surface area contributed by atoms with Gasteiger partial charge in [0.15, 0.2) is 5.82 Å². The molecule has 2 N–H and O–H groups in total. The summed E-state index contributed by atoms with van der Waals surface area (Å²) in [6, 6.07) is 12.4. The maximum Gasteiger partial charge on any atom is 0.240 e. The van der Waals surface area contributed by atoms with E-state index >= 15 is 0 Å². The lowest BCUT2D eigenvalue weighted by atomic mass is 10.1. The van der Waals surface area contributed by atoms with Gasteiger partial charge in [-0.25, -0.2) is 17.8 Å². The number of aromatic nitrogens is 4. The molecule has 0 bridgehead atoms.